The number of sulfonamides is 1. The Morgan fingerprint density at radius 3 is 2.76 bits per heavy atom. The summed E-state index contributed by atoms with van der Waals surface area (Å²) in [6.07, 6.45) is 1.80. The van der Waals surface area contributed by atoms with E-state index in [1.54, 1.807) is 6.07 Å². The van der Waals surface area contributed by atoms with E-state index in [1.807, 2.05) is 11.4 Å². The minimum absolute atomic E-state index is 0.0898. The van der Waals surface area contributed by atoms with Gasteiger partial charge in [-0.15, -0.1) is 11.3 Å². The molecule has 17 heavy (non-hydrogen) atoms. The van der Waals surface area contributed by atoms with Crippen LogP contribution in [0.1, 0.15) is 18.4 Å². The zero-order valence-electron chi connectivity index (χ0n) is 8.97. The fourth-order valence-electron chi connectivity index (χ4n) is 1.59. The maximum absolute atomic E-state index is 11.9. The number of thiophene rings is 1. The second-order valence-corrected chi connectivity index (χ2v) is 8.16. The minimum atomic E-state index is -3.44. The third-order valence-electron chi connectivity index (χ3n) is 2.52. The van der Waals surface area contributed by atoms with Crippen LogP contribution in [0.3, 0.4) is 0 Å². The molecular formula is C10H11BrN2O2S2. The van der Waals surface area contributed by atoms with Gasteiger partial charge in [-0.05, 0) is 45.8 Å². The molecule has 1 fully saturated rings. The number of hydrogen-bond acceptors (Lipinski definition) is 4. The summed E-state index contributed by atoms with van der Waals surface area (Å²) in [6.45, 7) is 0.372. The van der Waals surface area contributed by atoms with Gasteiger partial charge < -0.3 is 0 Å². The lowest BCUT2D eigenvalue weighted by Crippen LogP contribution is -2.34. The zero-order valence-corrected chi connectivity index (χ0v) is 12.2. The van der Waals surface area contributed by atoms with E-state index in [9.17, 15) is 8.42 Å². The van der Waals surface area contributed by atoms with Gasteiger partial charge in [0.15, 0.2) is 5.75 Å². The molecule has 92 valence electrons. The molecule has 0 spiro atoms. The number of rotatable bonds is 5. The summed E-state index contributed by atoms with van der Waals surface area (Å²) >= 11 is 4.89. The molecule has 0 atom stereocenters. The van der Waals surface area contributed by atoms with Gasteiger partial charge in [-0.1, -0.05) is 0 Å². The van der Waals surface area contributed by atoms with E-state index in [2.05, 4.69) is 15.9 Å². The Kier molecular flexibility index (Phi) is 3.88. The monoisotopic (exact) mass is 334 g/mol. The van der Waals surface area contributed by atoms with Crippen LogP contribution >= 0.6 is 27.3 Å². The Morgan fingerprint density at radius 1 is 1.59 bits per heavy atom. The molecule has 0 radical (unpaired) electrons. The van der Waals surface area contributed by atoms with Crippen LogP contribution in [-0.2, 0) is 16.6 Å². The number of halogens is 1. The molecular weight excluding hydrogens is 324 g/mol. The summed E-state index contributed by atoms with van der Waals surface area (Å²) in [5, 5.41) is 10.5. The van der Waals surface area contributed by atoms with Gasteiger partial charge in [0.1, 0.15) is 0 Å². The first-order valence-corrected chi connectivity index (χ1v) is 8.40. The summed E-state index contributed by atoms with van der Waals surface area (Å²) in [5.41, 5.74) is 0.968. The lowest BCUT2D eigenvalue weighted by Gasteiger charge is -2.19. The molecule has 0 aliphatic heterocycles. The van der Waals surface area contributed by atoms with Gasteiger partial charge in [0, 0.05) is 12.6 Å². The van der Waals surface area contributed by atoms with Gasteiger partial charge >= 0.3 is 0 Å². The maximum Gasteiger partial charge on any atom is 0.228 e. The van der Waals surface area contributed by atoms with Gasteiger partial charge in [0.25, 0.3) is 0 Å². The largest absolute Gasteiger partial charge is 0.228 e. The summed E-state index contributed by atoms with van der Waals surface area (Å²) in [6, 6.07) is 3.73. The standard InChI is InChI=1S/C10H11BrN2O2S2/c11-10-5-8(7-16-10)6-13(9-1-2-9)17(14,15)4-3-12/h5,7,9H,1-2,4,6H2. The molecule has 4 nitrogen and oxygen atoms in total. The fourth-order valence-corrected chi connectivity index (χ4v) is 4.13. The number of nitriles is 1. The van der Waals surface area contributed by atoms with Crippen molar-refractivity contribution < 1.29 is 8.42 Å². The van der Waals surface area contributed by atoms with Crippen molar-refractivity contribution >= 4 is 37.3 Å². The fraction of sp³-hybridized carbons (Fsp3) is 0.500. The smallest absolute Gasteiger partial charge is 0.211 e. The van der Waals surface area contributed by atoms with Gasteiger partial charge in [-0.3, -0.25) is 0 Å². The molecule has 0 aromatic carbocycles. The van der Waals surface area contributed by atoms with Crippen LogP contribution in [0.15, 0.2) is 15.2 Å². The average molecular weight is 335 g/mol. The Bertz CT molecular complexity index is 543. The third-order valence-corrected chi connectivity index (χ3v) is 5.71. The molecule has 1 heterocycles. The van der Waals surface area contributed by atoms with Gasteiger partial charge in [-0.25, -0.2) is 8.42 Å². The highest BCUT2D eigenvalue weighted by Crippen LogP contribution is 2.32. The Hall–Kier alpha value is -0.420. The molecule has 0 saturated heterocycles. The van der Waals surface area contributed by atoms with Crippen molar-refractivity contribution in [2.24, 2.45) is 0 Å². The Labute approximate surface area is 113 Å². The van der Waals surface area contributed by atoms with Crippen molar-refractivity contribution in [1.29, 1.82) is 5.26 Å². The summed E-state index contributed by atoms with van der Waals surface area (Å²) in [7, 11) is -3.44. The van der Waals surface area contributed by atoms with Crippen molar-refractivity contribution in [2.75, 3.05) is 5.75 Å². The van der Waals surface area contributed by atoms with Gasteiger partial charge in [0.05, 0.1) is 9.86 Å². The first-order valence-electron chi connectivity index (χ1n) is 5.12. The minimum Gasteiger partial charge on any atom is -0.211 e. The van der Waals surface area contributed by atoms with Crippen LogP contribution in [-0.4, -0.2) is 24.5 Å². The average Bonchev–Trinajstić information content (AvgIpc) is 2.99. The predicted octanol–water partition coefficient (Wildman–Crippen LogP) is 2.33. The van der Waals surface area contributed by atoms with Gasteiger partial charge in [0.2, 0.25) is 10.0 Å². The number of nitrogens with zero attached hydrogens (tertiary/aromatic N) is 2. The SMILES string of the molecule is N#CCS(=O)(=O)N(Cc1csc(Br)c1)C1CC1. The number of hydrogen-bond donors (Lipinski definition) is 0. The Balaban J connectivity index is 2.16. The van der Waals surface area contributed by atoms with Crippen molar-refractivity contribution in [2.45, 2.75) is 25.4 Å². The van der Waals surface area contributed by atoms with E-state index in [4.69, 9.17) is 5.26 Å². The maximum atomic E-state index is 11.9. The highest BCUT2D eigenvalue weighted by molar-refractivity contribution is 9.11. The predicted molar refractivity (Wildman–Crippen MR) is 70.0 cm³/mol. The van der Waals surface area contributed by atoms with E-state index in [-0.39, 0.29) is 6.04 Å². The lowest BCUT2D eigenvalue weighted by molar-refractivity contribution is 0.401. The van der Waals surface area contributed by atoms with E-state index in [0.717, 1.165) is 22.2 Å². The molecule has 0 unspecified atom stereocenters. The molecule has 7 heteroatoms. The summed E-state index contributed by atoms with van der Waals surface area (Å²) in [4.78, 5) is 0. The van der Waals surface area contributed by atoms with E-state index < -0.39 is 15.8 Å². The van der Waals surface area contributed by atoms with Crippen LogP contribution in [0.2, 0.25) is 0 Å². The molecule has 2 rings (SSSR count). The summed E-state index contributed by atoms with van der Waals surface area (Å²) in [5.74, 6) is -0.436. The van der Waals surface area contributed by atoms with E-state index in [0.29, 0.717) is 6.54 Å². The lowest BCUT2D eigenvalue weighted by atomic mass is 10.3. The first kappa shape index (κ1) is 13.0. The molecule has 1 aliphatic rings. The highest BCUT2D eigenvalue weighted by atomic mass is 79.9. The normalized spacial score (nSPS) is 16.1. The molecule has 0 N–H and O–H groups in total. The molecule has 0 amide bonds. The van der Waals surface area contributed by atoms with Crippen LogP contribution in [0.4, 0.5) is 0 Å². The second-order valence-electron chi connectivity index (χ2n) is 3.95. The van der Waals surface area contributed by atoms with Crippen molar-refractivity contribution in [3.05, 3.63) is 20.8 Å². The molecule has 1 saturated carbocycles. The van der Waals surface area contributed by atoms with Crippen LogP contribution in [0, 0.1) is 11.3 Å². The van der Waals surface area contributed by atoms with Crippen LogP contribution in [0.5, 0.6) is 0 Å². The molecule has 0 bridgehead atoms. The van der Waals surface area contributed by atoms with Gasteiger partial charge in [-0.2, -0.15) is 9.57 Å². The topological polar surface area (TPSA) is 61.2 Å². The van der Waals surface area contributed by atoms with Crippen LogP contribution in [0.25, 0.3) is 0 Å². The van der Waals surface area contributed by atoms with Crippen LogP contribution < -0.4 is 0 Å². The quantitative estimate of drug-likeness (QED) is 0.830. The third kappa shape index (κ3) is 3.28. The highest BCUT2D eigenvalue weighted by Gasteiger charge is 2.37. The molecule has 1 aromatic heterocycles. The van der Waals surface area contributed by atoms with E-state index >= 15 is 0 Å². The van der Waals surface area contributed by atoms with Crippen molar-refractivity contribution in [3.63, 3.8) is 0 Å². The van der Waals surface area contributed by atoms with Crippen molar-refractivity contribution in [3.8, 4) is 6.07 Å². The second kappa shape index (κ2) is 5.06. The van der Waals surface area contributed by atoms with E-state index in [1.165, 1.54) is 15.6 Å². The molecule has 1 aromatic rings. The molecule has 1 aliphatic carbocycles. The zero-order chi connectivity index (χ0) is 12.5. The van der Waals surface area contributed by atoms with Crippen molar-refractivity contribution in [1.82, 2.24) is 4.31 Å². The summed E-state index contributed by atoms with van der Waals surface area (Å²) < 4.78 is 26.3. The Morgan fingerprint density at radius 2 is 2.29 bits per heavy atom. The first-order chi connectivity index (χ1) is 8.03.